The number of carbonyl (C=O) groups excluding carboxylic acids is 1. The van der Waals surface area contributed by atoms with Crippen molar-refractivity contribution in [2.45, 2.75) is 19.4 Å². The molecule has 86 valence electrons. The smallest absolute Gasteiger partial charge is 0.410 e. The second-order valence-corrected chi connectivity index (χ2v) is 4.03. The average molecular weight is 220 g/mol. The van der Waals surface area contributed by atoms with Crippen LogP contribution in [0.15, 0.2) is 24.3 Å². The fourth-order valence-corrected chi connectivity index (χ4v) is 1.62. The molecule has 0 unspecified atom stereocenters. The maximum absolute atomic E-state index is 11.5. The lowest BCUT2D eigenvalue weighted by Gasteiger charge is -2.35. The van der Waals surface area contributed by atoms with Crippen molar-refractivity contribution in [1.29, 1.82) is 0 Å². The Morgan fingerprint density at radius 3 is 2.56 bits per heavy atom. The summed E-state index contributed by atoms with van der Waals surface area (Å²) in [5, 5.41) is 0. The molecule has 0 aromatic heterocycles. The van der Waals surface area contributed by atoms with Crippen molar-refractivity contribution in [3.63, 3.8) is 0 Å². The molecule has 0 aliphatic carbocycles. The normalized spacial score (nSPS) is 15.8. The summed E-state index contributed by atoms with van der Waals surface area (Å²) in [5.74, 6) is 0.586. The van der Waals surface area contributed by atoms with Gasteiger partial charge in [0.15, 0.2) is 0 Å². The van der Waals surface area contributed by atoms with Crippen LogP contribution in [0.5, 0.6) is 5.75 Å². The van der Waals surface area contributed by atoms with E-state index >= 15 is 0 Å². The number of hydrogen-bond donors (Lipinski definition) is 1. The lowest BCUT2D eigenvalue weighted by molar-refractivity contribution is 0.113. The zero-order valence-electron chi connectivity index (χ0n) is 9.35. The topological polar surface area (TPSA) is 55.6 Å². The molecule has 4 nitrogen and oxygen atoms in total. The number of aryl methyl sites for hydroxylation is 1. The van der Waals surface area contributed by atoms with E-state index in [1.165, 1.54) is 5.56 Å². The Morgan fingerprint density at radius 2 is 2.06 bits per heavy atom. The van der Waals surface area contributed by atoms with Gasteiger partial charge in [-0.15, -0.1) is 0 Å². The maximum Gasteiger partial charge on any atom is 0.415 e. The van der Waals surface area contributed by atoms with Gasteiger partial charge in [-0.2, -0.15) is 0 Å². The third-order valence-corrected chi connectivity index (χ3v) is 2.70. The first kappa shape index (κ1) is 11.0. The van der Waals surface area contributed by atoms with Crippen molar-refractivity contribution >= 4 is 6.09 Å². The van der Waals surface area contributed by atoms with Gasteiger partial charge in [0.25, 0.3) is 0 Å². The van der Waals surface area contributed by atoms with Crippen molar-refractivity contribution < 1.29 is 9.53 Å². The molecule has 1 fully saturated rings. The molecule has 2 N–H and O–H groups in total. The molecule has 1 aliphatic rings. The Morgan fingerprint density at radius 1 is 1.44 bits per heavy atom. The SMILES string of the molecule is CCc1ccc(OC(=O)N2CC(N)C2)cc1. The van der Waals surface area contributed by atoms with Crippen LogP contribution in [0, 0.1) is 0 Å². The Labute approximate surface area is 95.0 Å². The molecule has 4 heteroatoms. The second-order valence-electron chi connectivity index (χ2n) is 4.03. The molecule has 0 atom stereocenters. The maximum atomic E-state index is 11.5. The van der Waals surface area contributed by atoms with E-state index in [-0.39, 0.29) is 12.1 Å². The Bertz CT molecular complexity index is 369. The Hall–Kier alpha value is -1.55. The average Bonchev–Trinajstić information content (AvgIpc) is 2.26. The molecule has 1 heterocycles. The number of ether oxygens (including phenoxy) is 1. The first-order valence-corrected chi connectivity index (χ1v) is 5.50. The van der Waals surface area contributed by atoms with Crippen LogP contribution >= 0.6 is 0 Å². The second kappa shape index (κ2) is 4.53. The molecular formula is C12H16N2O2. The van der Waals surface area contributed by atoms with Gasteiger partial charge in [-0.25, -0.2) is 4.79 Å². The van der Waals surface area contributed by atoms with Crippen LogP contribution in [-0.4, -0.2) is 30.1 Å². The molecule has 2 rings (SSSR count). The third-order valence-electron chi connectivity index (χ3n) is 2.70. The largest absolute Gasteiger partial charge is 0.415 e. The van der Waals surface area contributed by atoms with Crippen molar-refractivity contribution in [2.24, 2.45) is 5.73 Å². The molecule has 16 heavy (non-hydrogen) atoms. The highest BCUT2D eigenvalue weighted by Crippen LogP contribution is 2.15. The van der Waals surface area contributed by atoms with Gasteiger partial charge in [0.2, 0.25) is 0 Å². The minimum Gasteiger partial charge on any atom is -0.410 e. The molecule has 1 amide bonds. The van der Waals surface area contributed by atoms with Crippen molar-refractivity contribution in [2.75, 3.05) is 13.1 Å². The van der Waals surface area contributed by atoms with Crippen LogP contribution in [-0.2, 0) is 6.42 Å². The van der Waals surface area contributed by atoms with Gasteiger partial charge in [-0.05, 0) is 24.1 Å². The summed E-state index contributed by atoms with van der Waals surface area (Å²) in [6.07, 6.45) is 0.667. The molecule has 1 saturated heterocycles. The summed E-state index contributed by atoms with van der Waals surface area (Å²) < 4.78 is 5.20. The monoisotopic (exact) mass is 220 g/mol. The van der Waals surface area contributed by atoms with Crippen LogP contribution in [0.2, 0.25) is 0 Å². The lowest BCUT2D eigenvalue weighted by Crippen LogP contribution is -2.58. The summed E-state index contributed by atoms with van der Waals surface area (Å²) >= 11 is 0. The van der Waals surface area contributed by atoms with Crippen molar-refractivity contribution in [1.82, 2.24) is 4.90 Å². The molecule has 0 radical (unpaired) electrons. The van der Waals surface area contributed by atoms with E-state index in [9.17, 15) is 4.79 Å². The predicted octanol–water partition coefficient (Wildman–Crippen LogP) is 1.39. The number of nitrogens with two attached hydrogens (primary N) is 1. The first-order chi connectivity index (χ1) is 7.69. The Kier molecular flexibility index (Phi) is 3.10. The molecule has 0 saturated carbocycles. The number of benzene rings is 1. The van der Waals surface area contributed by atoms with Gasteiger partial charge in [0.1, 0.15) is 5.75 Å². The third kappa shape index (κ3) is 2.33. The molecule has 0 spiro atoms. The first-order valence-electron chi connectivity index (χ1n) is 5.50. The zero-order valence-corrected chi connectivity index (χ0v) is 9.35. The number of likely N-dealkylation sites (tertiary alicyclic amines) is 1. The van der Waals surface area contributed by atoms with Crippen LogP contribution in [0.4, 0.5) is 4.79 Å². The summed E-state index contributed by atoms with van der Waals surface area (Å²) in [4.78, 5) is 13.1. The number of carbonyl (C=O) groups is 1. The van der Waals surface area contributed by atoms with Crippen LogP contribution in [0.1, 0.15) is 12.5 Å². The van der Waals surface area contributed by atoms with Crippen LogP contribution < -0.4 is 10.5 Å². The molecule has 0 bridgehead atoms. The van der Waals surface area contributed by atoms with Gasteiger partial charge in [-0.3, -0.25) is 0 Å². The minimum atomic E-state index is -0.314. The highest BCUT2D eigenvalue weighted by molar-refractivity contribution is 5.71. The van der Waals surface area contributed by atoms with Gasteiger partial charge < -0.3 is 15.4 Å². The highest BCUT2D eigenvalue weighted by Gasteiger charge is 2.28. The van der Waals surface area contributed by atoms with Gasteiger partial charge in [0.05, 0.1) is 0 Å². The quantitative estimate of drug-likeness (QED) is 0.819. The lowest BCUT2D eigenvalue weighted by atomic mass is 10.1. The van der Waals surface area contributed by atoms with E-state index in [0.717, 1.165) is 6.42 Å². The summed E-state index contributed by atoms with van der Waals surface area (Å²) in [7, 11) is 0. The van der Waals surface area contributed by atoms with Gasteiger partial charge >= 0.3 is 6.09 Å². The molecular weight excluding hydrogens is 204 g/mol. The number of amides is 1. The van der Waals surface area contributed by atoms with E-state index < -0.39 is 0 Å². The van der Waals surface area contributed by atoms with E-state index in [0.29, 0.717) is 18.8 Å². The van der Waals surface area contributed by atoms with E-state index in [4.69, 9.17) is 10.5 Å². The van der Waals surface area contributed by atoms with Gasteiger partial charge in [0, 0.05) is 19.1 Å². The molecule has 1 aliphatic heterocycles. The summed E-state index contributed by atoms with van der Waals surface area (Å²) in [6.45, 7) is 3.26. The van der Waals surface area contributed by atoms with Crippen LogP contribution in [0.25, 0.3) is 0 Å². The van der Waals surface area contributed by atoms with E-state index in [1.807, 2.05) is 24.3 Å². The van der Waals surface area contributed by atoms with Crippen molar-refractivity contribution in [3.8, 4) is 5.75 Å². The Balaban J connectivity index is 1.90. The number of rotatable bonds is 2. The fourth-order valence-electron chi connectivity index (χ4n) is 1.62. The minimum absolute atomic E-state index is 0.106. The number of hydrogen-bond acceptors (Lipinski definition) is 3. The molecule has 1 aromatic carbocycles. The highest BCUT2D eigenvalue weighted by atomic mass is 16.6. The summed E-state index contributed by atoms with van der Waals surface area (Å²) in [6, 6.07) is 7.66. The standard InChI is InChI=1S/C12H16N2O2/c1-2-9-3-5-11(6-4-9)16-12(15)14-7-10(13)8-14/h3-6,10H,2,7-8,13H2,1H3. The van der Waals surface area contributed by atoms with E-state index in [2.05, 4.69) is 6.92 Å². The van der Waals surface area contributed by atoms with Crippen LogP contribution in [0.3, 0.4) is 0 Å². The number of nitrogens with zero attached hydrogens (tertiary/aromatic N) is 1. The predicted molar refractivity (Wildman–Crippen MR) is 61.4 cm³/mol. The molecule has 1 aromatic rings. The zero-order chi connectivity index (χ0) is 11.5. The fraction of sp³-hybridized carbons (Fsp3) is 0.417. The summed E-state index contributed by atoms with van der Waals surface area (Å²) in [5.41, 5.74) is 6.82. The van der Waals surface area contributed by atoms with Gasteiger partial charge in [-0.1, -0.05) is 19.1 Å². The van der Waals surface area contributed by atoms with E-state index in [1.54, 1.807) is 4.90 Å². The van der Waals surface area contributed by atoms with Crippen molar-refractivity contribution in [3.05, 3.63) is 29.8 Å².